The first-order valence-electron chi connectivity index (χ1n) is 19.3. The Balaban J connectivity index is 0.000000468. The van der Waals surface area contributed by atoms with E-state index in [1.54, 1.807) is 65.0 Å². The van der Waals surface area contributed by atoms with Crippen LogP contribution in [0.4, 0.5) is 5.69 Å². The molecule has 4 aromatic carbocycles. The van der Waals surface area contributed by atoms with Crippen LogP contribution in [0.3, 0.4) is 0 Å². The first-order chi connectivity index (χ1) is 32.2. The van der Waals surface area contributed by atoms with Crippen molar-refractivity contribution in [2.24, 2.45) is 0 Å². The molecule has 0 heterocycles. The minimum Gasteiger partial charge on any atom is -0.478 e. The Kier molecular flexibility index (Phi) is 27.0. The molecule has 0 spiro atoms. The third-order valence-electron chi connectivity index (χ3n) is 7.54. The van der Waals surface area contributed by atoms with Gasteiger partial charge in [-0.1, -0.05) is 26.3 Å². The molecular weight excluding hydrogens is 1590 g/mol. The van der Waals surface area contributed by atoms with Gasteiger partial charge >= 0.3 is 41.8 Å². The summed E-state index contributed by atoms with van der Waals surface area (Å²) in [6, 6.07) is 15.7. The summed E-state index contributed by atoms with van der Waals surface area (Å²) in [5.74, 6) is -5.27. The number of anilines is 1. The normalized spacial score (nSPS) is 10.1. The smallest absolute Gasteiger partial charge is 0.339 e. The van der Waals surface area contributed by atoms with Crippen LogP contribution in [0, 0.1) is 21.4 Å². The molecule has 22 heteroatoms. The quantitative estimate of drug-likeness (QED) is 0.0446. The Hall–Kier alpha value is -4.02. The predicted octanol–water partition coefficient (Wildman–Crippen LogP) is 12.4. The van der Waals surface area contributed by atoms with E-state index in [2.05, 4.69) is 31.6 Å². The molecule has 0 unspecified atom stereocenters. The number of rotatable bonds is 12. The number of halogens is 6. The molecule has 0 saturated carbocycles. The molecule has 0 aromatic heterocycles. The Morgan fingerprint density at radius 1 is 0.486 bits per heavy atom. The second kappa shape index (κ2) is 29.5. The number of hydrogen-bond acceptors (Lipinski definition) is 12. The molecule has 0 aliphatic heterocycles. The summed E-state index contributed by atoms with van der Waals surface area (Å²) in [5, 5.41) is 29.6. The average Bonchev–Trinajstić information content (AvgIpc) is 3.23. The van der Waals surface area contributed by atoms with E-state index in [-0.39, 0.29) is 45.2 Å². The highest BCUT2D eigenvalue weighted by Gasteiger charge is 2.22. The molecule has 0 radical (unpaired) electrons. The first-order valence-corrected chi connectivity index (χ1v) is 25.7. The maximum Gasteiger partial charge on any atom is 0.339 e. The molecule has 0 saturated heterocycles. The minimum atomic E-state index is -1.13. The predicted molar refractivity (Wildman–Crippen MR) is 313 cm³/mol. The second-order valence-corrected chi connectivity index (χ2v) is 22.2. The number of aromatic carboxylic acids is 3. The summed E-state index contributed by atoms with van der Waals surface area (Å²) in [6.45, 7) is 25.4. The molecule has 1 amide bonds. The summed E-state index contributed by atoms with van der Waals surface area (Å²) >= 11 is 11.9. The highest BCUT2D eigenvalue weighted by Crippen LogP contribution is 2.30. The summed E-state index contributed by atoms with van der Waals surface area (Å²) in [6.07, 6.45) is 0. The average molecular weight is 1640 g/mol. The van der Waals surface area contributed by atoms with E-state index in [0.717, 1.165) is 10.7 Å². The maximum atomic E-state index is 12.1. The fraction of sp³-hybridized carbons (Fsp3) is 0.167. The van der Waals surface area contributed by atoms with Crippen LogP contribution in [0.2, 0.25) is 0 Å². The van der Waals surface area contributed by atoms with E-state index in [1.165, 1.54) is 44.2 Å². The van der Waals surface area contributed by atoms with Gasteiger partial charge in [0.15, 0.2) is 5.75 Å². The van der Waals surface area contributed by atoms with Crippen LogP contribution < -0.4 is 19.5 Å². The molecule has 0 atom stereocenters. The number of carbonyl (C=O) groups excluding carboxylic acids is 5. The van der Waals surface area contributed by atoms with Gasteiger partial charge in [-0.15, -0.1) is 0 Å². The number of amides is 1. The van der Waals surface area contributed by atoms with Crippen molar-refractivity contribution < 1.29 is 72.6 Å². The fourth-order valence-electron chi connectivity index (χ4n) is 4.27. The van der Waals surface area contributed by atoms with Crippen LogP contribution in [0.1, 0.15) is 89.9 Å². The molecule has 0 aliphatic carbocycles. The third kappa shape index (κ3) is 22.2. The van der Waals surface area contributed by atoms with E-state index in [9.17, 15) is 38.4 Å². The van der Waals surface area contributed by atoms with Crippen LogP contribution in [0.15, 0.2) is 109 Å². The Labute approximate surface area is 485 Å². The molecule has 16 nitrogen and oxygen atoms in total. The monoisotopic (exact) mass is 1630 g/mol. The van der Waals surface area contributed by atoms with Crippen molar-refractivity contribution in [2.75, 3.05) is 5.32 Å². The van der Waals surface area contributed by atoms with Gasteiger partial charge in [-0.25, -0.2) is 33.6 Å². The molecular formula is C48H43I6NO15. The number of carboxylic acid groups (broad SMARTS) is 3. The van der Waals surface area contributed by atoms with Crippen LogP contribution in [-0.2, 0) is 23.9 Å². The Morgan fingerprint density at radius 2 is 0.871 bits per heavy atom. The van der Waals surface area contributed by atoms with Gasteiger partial charge in [0.1, 0.15) is 22.7 Å². The molecule has 0 bridgehead atoms. The van der Waals surface area contributed by atoms with Gasteiger partial charge in [0.05, 0.1) is 25.9 Å². The summed E-state index contributed by atoms with van der Waals surface area (Å²) in [5.41, 5.74) is 1.35. The van der Waals surface area contributed by atoms with Crippen LogP contribution in [-0.4, -0.2) is 68.6 Å². The lowest BCUT2D eigenvalue weighted by Crippen LogP contribution is -2.24. The van der Waals surface area contributed by atoms with Gasteiger partial charge in [0.25, 0.3) is 5.91 Å². The fourth-order valence-corrected chi connectivity index (χ4v) is 9.33. The van der Waals surface area contributed by atoms with E-state index in [0.29, 0.717) is 38.9 Å². The summed E-state index contributed by atoms with van der Waals surface area (Å²) < 4.78 is 24.5. The van der Waals surface area contributed by atoms with Crippen molar-refractivity contribution in [2.45, 2.75) is 54.1 Å². The molecule has 70 heavy (non-hydrogen) atoms. The SMILES string of the molecule is C=C(C)C(=O)Nc1c(I)cc(I)cc1C(=O)O.C=C(C)C(=O)Oc1c(I)cc(I)cc1C(=O)O.C=C(C)C(=O)Oc1ccc(I)c(C(=O)O)c1.C=C(C)C(=O)Oc1ccc(I)c(C(=O)OC(C)(C)C)c1. The van der Waals surface area contributed by atoms with Gasteiger partial charge < -0.3 is 39.6 Å². The zero-order valence-corrected chi connectivity index (χ0v) is 51.1. The first kappa shape index (κ1) is 64.0. The topological polar surface area (TPSA) is 246 Å². The number of ether oxygens (including phenoxy) is 4. The molecule has 0 fully saturated rings. The Bertz CT molecular complexity index is 2700. The lowest BCUT2D eigenvalue weighted by atomic mass is 10.1. The van der Waals surface area contributed by atoms with Crippen molar-refractivity contribution in [1.29, 1.82) is 0 Å². The van der Waals surface area contributed by atoms with Crippen LogP contribution >= 0.6 is 136 Å². The lowest BCUT2D eigenvalue weighted by molar-refractivity contribution is -0.131. The molecule has 4 rings (SSSR count). The number of benzene rings is 4. The van der Waals surface area contributed by atoms with Gasteiger partial charge in [-0.2, -0.15) is 0 Å². The zero-order chi connectivity index (χ0) is 54.1. The minimum absolute atomic E-state index is 0.0316. The van der Waals surface area contributed by atoms with E-state index >= 15 is 0 Å². The van der Waals surface area contributed by atoms with Crippen molar-refractivity contribution in [3.63, 3.8) is 0 Å². The number of carbonyl (C=O) groups is 8. The number of nitrogens with one attached hydrogen (secondary N) is 1. The highest BCUT2D eigenvalue weighted by atomic mass is 127. The number of carboxylic acids is 3. The molecule has 372 valence electrons. The maximum absolute atomic E-state index is 12.1. The Morgan fingerprint density at radius 3 is 1.27 bits per heavy atom. The van der Waals surface area contributed by atoms with E-state index in [1.807, 2.05) is 136 Å². The molecule has 4 aromatic rings. The van der Waals surface area contributed by atoms with Gasteiger partial charge in [0.2, 0.25) is 0 Å². The largest absolute Gasteiger partial charge is 0.478 e. The number of hydrogen-bond donors (Lipinski definition) is 4. The van der Waals surface area contributed by atoms with Crippen LogP contribution in [0.5, 0.6) is 17.2 Å². The van der Waals surface area contributed by atoms with Gasteiger partial charge in [0, 0.05) is 40.1 Å². The molecule has 4 N–H and O–H groups in total. The van der Waals surface area contributed by atoms with Crippen LogP contribution in [0.25, 0.3) is 0 Å². The lowest BCUT2D eigenvalue weighted by Gasteiger charge is -2.20. The second-order valence-electron chi connectivity index (χ2n) is 15.0. The highest BCUT2D eigenvalue weighted by molar-refractivity contribution is 14.1. The van der Waals surface area contributed by atoms with Crippen molar-refractivity contribution in [1.82, 2.24) is 0 Å². The van der Waals surface area contributed by atoms with Crippen molar-refractivity contribution >= 4 is 189 Å². The zero-order valence-electron chi connectivity index (χ0n) is 38.1. The van der Waals surface area contributed by atoms with Gasteiger partial charge in [-0.3, -0.25) is 4.79 Å². The van der Waals surface area contributed by atoms with Crippen molar-refractivity contribution in [3.05, 3.63) is 153 Å². The number of esters is 4. The molecule has 0 aliphatic rings. The third-order valence-corrected chi connectivity index (χ3v) is 12.3. The summed E-state index contributed by atoms with van der Waals surface area (Å²) in [4.78, 5) is 90.6. The van der Waals surface area contributed by atoms with E-state index in [4.69, 9.17) is 34.3 Å². The summed E-state index contributed by atoms with van der Waals surface area (Å²) in [7, 11) is 0. The van der Waals surface area contributed by atoms with Crippen molar-refractivity contribution in [3.8, 4) is 17.2 Å². The standard InChI is InChI=1S/C15H17IO4.C11H9I2NO3.C11H8I2O4.C11H9IO4/c1-9(2)13(17)19-10-6-7-12(16)11(8-10)14(18)20-15(3,4)5;1-5(2)10(15)14-9-7(11(16)17)3-6(12)4-8(9)13;1-5(2)11(16)17-9-7(10(14)15)3-6(12)4-8(9)13;1-6(2)11(15)16-7-3-4-9(12)8(5-7)10(13)14/h6-8H,1H2,2-5H3;3-4H,1H2,2H3,(H,14,15)(H,16,17);3-4H,1H2,2H3,(H,14,15);3-5H,1H2,2H3,(H,13,14). The van der Waals surface area contributed by atoms with E-state index < -0.39 is 47.4 Å². The van der Waals surface area contributed by atoms with Gasteiger partial charge in [-0.05, 0) is 245 Å².